The van der Waals surface area contributed by atoms with Gasteiger partial charge in [0.15, 0.2) is 0 Å². The summed E-state index contributed by atoms with van der Waals surface area (Å²) in [5, 5.41) is 0. The van der Waals surface area contributed by atoms with Crippen LogP contribution in [0.1, 0.15) is 5.56 Å². The molecule has 1 aromatic rings. The average Bonchev–Trinajstić information content (AvgIpc) is 2.99. The molecule has 4 heteroatoms. The van der Waals surface area contributed by atoms with Gasteiger partial charge in [0.2, 0.25) is 0 Å². The molecule has 90 valence electrons. The van der Waals surface area contributed by atoms with Gasteiger partial charge in [-0.05, 0) is 17.7 Å². The van der Waals surface area contributed by atoms with Crippen molar-refractivity contribution in [2.24, 2.45) is 4.99 Å². The van der Waals surface area contributed by atoms with Crippen LogP contribution >= 0.6 is 0 Å². The van der Waals surface area contributed by atoms with Crippen LogP contribution in [0.15, 0.2) is 58.9 Å². The normalized spacial score (nSPS) is 16.3. The number of amides is 1. The number of nitrogens with zero attached hydrogens (tertiary/aromatic N) is 2. The van der Waals surface area contributed by atoms with Crippen LogP contribution in [-0.2, 0) is 11.3 Å². The monoisotopic (exact) mass is 240 g/mol. The lowest BCUT2D eigenvalue weighted by Gasteiger charge is -2.17. The first-order chi connectivity index (χ1) is 8.84. The molecule has 1 aromatic carbocycles. The molecule has 2 heterocycles. The summed E-state index contributed by atoms with van der Waals surface area (Å²) in [4.78, 5) is 17.7. The highest BCUT2D eigenvalue weighted by Gasteiger charge is 2.27. The minimum absolute atomic E-state index is 0.291. The largest absolute Gasteiger partial charge is 0.444 e. The molecule has 0 radical (unpaired) electrons. The molecule has 0 N–H and O–H groups in total. The molecule has 0 fully saturated rings. The number of carbonyl (C=O) groups excluding carboxylic acids is 1. The second-order valence-corrected chi connectivity index (χ2v) is 4.07. The molecule has 1 amide bonds. The summed E-state index contributed by atoms with van der Waals surface area (Å²) in [6, 6.07) is 9.64. The Morgan fingerprint density at radius 3 is 3.00 bits per heavy atom. The van der Waals surface area contributed by atoms with E-state index in [9.17, 15) is 4.79 Å². The number of hydrogen-bond donors (Lipinski definition) is 0. The molecular formula is C14H12N2O2. The number of ether oxygens (including phenoxy) is 1. The molecule has 18 heavy (non-hydrogen) atoms. The van der Waals surface area contributed by atoms with Crippen molar-refractivity contribution < 1.29 is 9.53 Å². The molecule has 2 aliphatic rings. The van der Waals surface area contributed by atoms with E-state index >= 15 is 0 Å². The van der Waals surface area contributed by atoms with Gasteiger partial charge in [0, 0.05) is 12.8 Å². The SMILES string of the molecule is O=C(OCc1ccccc1)N1CC=C2N=CC=C21. The molecule has 0 aliphatic carbocycles. The highest BCUT2D eigenvalue weighted by molar-refractivity contribution is 5.84. The molecule has 0 bridgehead atoms. The molecule has 0 atom stereocenters. The van der Waals surface area contributed by atoms with E-state index in [0.717, 1.165) is 17.0 Å². The summed E-state index contributed by atoms with van der Waals surface area (Å²) in [5.74, 6) is 0. The highest BCUT2D eigenvalue weighted by Crippen LogP contribution is 2.26. The van der Waals surface area contributed by atoms with Gasteiger partial charge in [-0.1, -0.05) is 30.3 Å². The van der Waals surface area contributed by atoms with Crippen molar-refractivity contribution in [3.63, 3.8) is 0 Å². The summed E-state index contributed by atoms with van der Waals surface area (Å²) in [7, 11) is 0. The predicted octanol–water partition coefficient (Wildman–Crippen LogP) is 2.49. The van der Waals surface area contributed by atoms with Crippen molar-refractivity contribution in [3.05, 3.63) is 59.4 Å². The fourth-order valence-electron chi connectivity index (χ4n) is 1.97. The van der Waals surface area contributed by atoms with E-state index in [1.54, 1.807) is 11.1 Å². The van der Waals surface area contributed by atoms with E-state index in [-0.39, 0.29) is 6.09 Å². The summed E-state index contributed by atoms with van der Waals surface area (Å²) < 4.78 is 5.28. The van der Waals surface area contributed by atoms with Crippen LogP contribution in [0.25, 0.3) is 0 Å². The van der Waals surface area contributed by atoms with Crippen LogP contribution in [0.4, 0.5) is 4.79 Å². The van der Waals surface area contributed by atoms with Crippen LogP contribution in [0.2, 0.25) is 0 Å². The molecule has 2 aliphatic heterocycles. The Kier molecular flexibility index (Phi) is 2.68. The summed E-state index contributed by atoms with van der Waals surface area (Å²) in [6.07, 6.45) is 5.10. The smallest absolute Gasteiger partial charge is 0.414 e. The van der Waals surface area contributed by atoms with E-state index in [4.69, 9.17) is 4.74 Å². The molecule has 4 nitrogen and oxygen atoms in total. The lowest BCUT2D eigenvalue weighted by Crippen LogP contribution is -2.27. The van der Waals surface area contributed by atoms with Crippen molar-refractivity contribution in [2.45, 2.75) is 6.61 Å². The fraction of sp³-hybridized carbons (Fsp3) is 0.143. The van der Waals surface area contributed by atoms with Crippen LogP contribution < -0.4 is 0 Å². The lowest BCUT2D eigenvalue weighted by atomic mass is 10.2. The topological polar surface area (TPSA) is 41.9 Å². The highest BCUT2D eigenvalue weighted by atomic mass is 16.6. The van der Waals surface area contributed by atoms with Gasteiger partial charge in [-0.3, -0.25) is 9.89 Å². The van der Waals surface area contributed by atoms with Crippen LogP contribution in [0.5, 0.6) is 0 Å². The maximum Gasteiger partial charge on any atom is 0.414 e. The number of allylic oxidation sites excluding steroid dienone is 1. The number of aliphatic imine (C=N–C) groups is 1. The Labute approximate surface area is 105 Å². The molecule has 3 rings (SSSR count). The summed E-state index contributed by atoms with van der Waals surface area (Å²) in [6.45, 7) is 0.825. The van der Waals surface area contributed by atoms with Gasteiger partial charge >= 0.3 is 6.09 Å². The van der Waals surface area contributed by atoms with Crippen molar-refractivity contribution >= 4 is 12.3 Å². The van der Waals surface area contributed by atoms with Gasteiger partial charge in [0.1, 0.15) is 6.61 Å². The maximum absolute atomic E-state index is 11.9. The molecule has 0 spiro atoms. The van der Waals surface area contributed by atoms with Gasteiger partial charge in [-0.2, -0.15) is 0 Å². The molecule has 0 aromatic heterocycles. The van der Waals surface area contributed by atoms with Crippen molar-refractivity contribution in [3.8, 4) is 0 Å². The number of carbonyl (C=O) groups is 1. The summed E-state index contributed by atoms with van der Waals surface area (Å²) >= 11 is 0. The van der Waals surface area contributed by atoms with Crippen LogP contribution in [-0.4, -0.2) is 23.8 Å². The van der Waals surface area contributed by atoms with Gasteiger partial charge in [-0.15, -0.1) is 0 Å². The third-order valence-corrected chi connectivity index (χ3v) is 2.89. The van der Waals surface area contributed by atoms with Crippen molar-refractivity contribution in [2.75, 3.05) is 6.54 Å². The minimum atomic E-state index is -0.332. The Morgan fingerprint density at radius 1 is 1.33 bits per heavy atom. The Hall–Kier alpha value is -2.36. The standard InChI is InChI=1S/C14H12N2O2/c17-14(18-10-11-4-2-1-3-5-11)16-9-7-12-13(16)6-8-15-12/h1-8H,9-10H2. The second-order valence-electron chi connectivity index (χ2n) is 4.07. The first-order valence-electron chi connectivity index (χ1n) is 5.78. The molecular weight excluding hydrogens is 228 g/mol. The lowest BCUT2D eigenvalue weighted by molar-refractivity contribution is 0.112. The number of benzene rings is 1. The maximum atomic E-state index is 11.9. The van der Waals surface area contributed by atoms with E-state index in [1.165, 1.54) is 0 Å². The number of hydrogen-bond acceptors (Lipinski definition) is 3. The van der Waals surface area contributed by atoms with Crippen LogP contribution in [0, 0.1) is 0 Å². The Bertz CT molecular complexity index is 558. The Morgan fingerprint density at radius 2 is 2.17 bits per heavy atom. The van der Waals surface area contributed by atoms with E-state index < -0.39 is 0 Å². The number of fused-ring (bicyclic) bond motifs is 1. The van der Waals surface area contributed by atoms with Crippen LogP contribution in [0.3, 0.4) is 0 Å². The summed E-state index contributed by atoms with van der Waals surface area (Å²) in [5.41, 5.74) is 2.66. The predicted molar refractivity (Wildman–Crippen MR) is 68.0 cm³/mol. The zero-order chi connectivity index (χ0) is 12.4. The molecule has 0 saturated heterocycles. The Balaban J connectivity index is 1.60. The first-order valence-corrected chi connectivity index (χ1v) is 5.78. The van der Waals surface area contributed by atoms with Gasteiger partial charge < -0.3 is 4.74 Å². The first kappa shape index (κ1) is 10.8. The van der Waals surface area contributed by atoms with Gasteiger partial charge in [0.05, 0.1) is 11.4 Å². The second kappa shape index (κ2) is 4.49. The van der Waals surface area contributed by atoms with E-state index in [2.05, 4.69) is 4.99 Å². The van der Waals surface area contributed by atoms with E-state index in [1.807, 2.05) is 42.5 Å². The quantitative estimate of drug-likeness (QED) is 0.797. The van der Waals surface area contributed by atoms with E-state index in [0.29, 0.717) is 13.2 Å². The molecule has 0 saturated carbocycles. The zero-order valence-corrected chi connectivity index (χ0v) is 9.74. The fourth-order valence-corrected chi connectivity index (χ4v) is 1.97. The number of rotatable bonds is 2. The minimum Gasteiger partial charge on any atom is -0.444 e. The van der Waals surface area contributed by atoms with Gasteiger partial charge in [-0.25, -0.2) is 4.79 Å². The van der Waals surface area contributed by atoms with Crippen molar-refractivity contribution in [1.82, 2.24) is 4.90 Å². The average molecular weight is 240 g/mol. The third kappa shape index (κ3) is 1.93. The zero-order valence-electron chi connectivity index (χ0n) is 9.74. The van der Waals surface area contributed by atoms with Crippen molar-refractivity contribution in [1.29, 1.82) is 0 Å². The van der Waals surface area contributed by atoms with Gasteiger partial charge in [0.25, 0.3) is 0 Å². The third-order valence-electron chi connectivity index (χ3n) is 2.89. The molecule has 0 unspecified atom stereocenters.